The fourth-order valence-corrected chi connectivity index (χ4v) is 2.46. The van der Waals surface area contributed by atoms with Gasteiger partial charge in [-0.05, 0) is 37.4 Å². The maximum atomic E-state index is 10.9. The van der Waals surface area contributed by atoms with Gasteiger partial charge in [0.1, 0.15) is 6.61 Å². The number of rotatable bonds is 9. The van der Waals surface area contributed by atoms with Crippen molar-refractivity contribution in [3.8, 4) is 5.88 Å². The molecule has 0 bridgehead atoms. The van der Waals surface area contributed by atoms with Gasteiger partial charge in [-0.2, -0.15) is 0 Å². The van der Waals surface area contributed by atoms with Gasteiger partial charge < -0.3 is 10.5 Å². The van der Waals surface area contributed by atoms with Gasteiger partial charge in [0.2, 0.25) is 11.8 Å². The summed E-state index contributed by atoms with van der Waals surface area (Å²) < 4.78 is 5.89. The Morgan fingerprint density at radius 1 is 1.35 bits per heavy atom. The average molecular weight is 315 g/mol. The van der Waals surface area contributed by atoms with Crippen LogP contribution in [0.4, 0.5) is 0 Å². The molecule has 0 aliphatic carbocycles. The van der Waals surface area contributed by atoms with Crippen molar-refractivity contribution in [1.29, 1.82) is 0 Å². The topological polar surface area (TPSA) is 68.5 Å². The molecule has 0 unspecified atom stereocenters. The Kier molecular flexibility index (Phi) is 6.35. The van der Waals surface area contributed by atoms with Crippen LogP contribution in [0.5, 0.6) is 5.88 Å². The van der Waals surface area contributed by atoms with Crippen LogP contribution >= 0.6 is 0 Å². The number of ether oxygens (including phenoxy) is 1. The number of fused-ring (bicyclic) bond motifs is 1. The third-order valence-electron chi connectivity index (χ3n) is 3.68. The van der Waals surface area contributed by atoms with Crippen LogP contribution in [0.2, 0.25) is 0 Å². The van der Waals surface area contributed by atoms with Crippen LogP contribution in [0.3, 0.4) is 0 Å². The van der Waals surface area contributed by atoms with Gasteiger partial charge in [0.25, 0.3) is 0 Å². The number of carbonyl (C=O) groups excluding carboxylic acids is 1. The van der Waals surface area contributed by atoms with Crippen molar-refractivity contribution in [3.05, 3.63) is 36.0 Å². The van der Waals surface area contributed by atoms with Crippen molar-refractivity contribution in [2.24, 2.45) is 5.73 Å². The zero-order chi connectivity index (χ0) is 16.7. The van der Waals surface area contributed by atoms with Crippen LogP contribution in [0.1, 0.15) is 25.5 Å². The van der Waals surface area contributed by atoms with Gasteiger partial charge in [-0.1, -0.05) is 31.5 Å². The minimum atomic E-state index is -0.336. The van der Waals surface area contributed by atoms with E-state index >= 15 is 0 Å². The van der Waals surface area contributed by atoms with E-state index in [9.17, 15) is 4.79 Å². The van der Waals surface area contributed by atoms with E-state index in [0.29, 0.717) is 19.0 Å². The van der Waals surface area contributed by atoms with E-state index in [-0.39, 0.29) is 12.5 Å². The summed E-state index contributed by atoms with van der Waals surface area (Å²) in [7, 11) is 1.84. The first kappa shape index (κ1) is 17.2. The van der Waals surface area contributed by atoms with Crippen LogP contribution in [-0.4, -0.2) is 42.5 Å². The molecule has 2 rings (SSSR count). The maximum Gasteiger partial charge on any atom is 0.231 e. The molecular formula is C18H25N3O2. The van der Waals surface area contributed by atoms with Gasteiger partial charge in [0.05, 0.1) is 6.54 Å². The van der Waals surface area contributed by atoms with Crippen molar-refractivity contribution in [3.63, 3.8) is 0 Å². The van der Waals surface area contributed by atoms with Crippen LogP contribution < -0.4 is 10.5 Å². The largest absolute Gasteiger partial charge is 0.476 e. The lowest BCUT2D eigenvalue weighted by atomic mass is 10.1. The number of aromatic nitrogens is 1. The van der Waals surface area contributed by atoms with Crippen LogP contribution in [0.15, 0.2) is 30.3 Å². The second kappa shape index (κ2) is 8.48. The summed E-state index contributed by atoms with van der Waals surface area (Å²) in [5.74, 6) is 0.333. The lowest BCUT2D eigenvalue weighted by Crippen LogP contribution is -2.33. The molecular weight excluding hydrogens is 290 g/mol. The summed E-state index contributed by atoms with van der Waals surface area (Å²) in [6.45, 7) is 3.50. The van der Waals surface area contributed by atoms with Gasteiger partial charge in [-0.3, -0.25) is 9.69 Å². The van der Waals surface area contributed by atoms with Crippen molar-refractivity contribution < 1.29 is 9.53 Å². The average Bonchev–Trinajstić information content (AvgIpc) is 2.52. The molecule has 0 aliphatic rings. The summed E-state index contributed by atoms with van der Waals surface area (Å²) in [5.41, 5.74) is 6.24. The molecule has 23 heavy (non-hydrogen) atoms. The standard InChI is InChI=1S/C18H25N3O2/c1-3-4-8-15-12-14-7-5-6-9-16(14)18(20-15)23-11-10-21(2)13-17(19)22/h5-7,9,12H,3-4,8,10-11,13H2,1-2H3,(H2,19,22). The molecule has 0 fully saturated rings. The van der Waals surface area contributed by atoms with Crippen molar-refractivity contribution in [2.45, 2.75) is 26.2 Å². The number of amides is 1. The van der Waals surface area contributed by atoms with Crippen LogP contribution in [0, 0.1) is 0 Å². The number of nitrogens with two attached hydrogens (primary N) is 1. The molecule has 0 saturated heterocycles. The molecule has 1 aromatic carbocycles. The van der Waals surface area contributed by atoms with Crippen molar-refractivity contribution >= 4 is 16.7 Å². The van der Waals surface area contributed by atoms with Gasteiger partial charge in [-0.15, -0.1) is 0 Å². The Labute approximate surface area is 137 Å². The van der Waals surface area contributed by atoms with Crippen LogP contribution in [0.25, 0.3) is 10.8 Å². The molecule has 0 atom stereocenters. The van der Waals surface area contributed by atoms with Crippen molar-refractivity contribution in [2.75, 3.05) is 26.7 Å². The third-order valence-corrected chi connectivity index (χ3v) is 3.68. The minimum absolute atomic E-state index is 0.230. The normalized spacial score (nSPS) is 11.1. The first-order chi connectivity index (χ1) is 11.1. The van der Waals surface area contributed by atoms with E-state index in [2.05, 4.69) is 24.0 Å². The SMILES string of the molecule is CCCCc1cc2ccccc2c(OCCN(C)CC(N)=O)n1. The maximum absolute atomic E-state index is 10.9. The number of hydrogen-bond donors (Lipinski definition) is 1. The summed E-state index contributed by atoms with van der Waals surface area (Å²) in [4.78, 5) is 17.4. The summed E-state index contributed by atoms with van der Waals surface area (Å²) >= 11 is 0. The fraction of sp³-hybridized carbons (Fsp3) is 0.444. The first-order valence-corrected chi connectivity index (χ1v) is 8.08. The Hall–Kier alpha value is -2.14. The number of primary amides is 1. The predicted octanol–water partition coefficient (Wildman–Crippen LogP) is 2.37. The second-order valence-corrected chi connectivity index (χ2v) is 5.80. The second-order valence-electron chi connectivity index (χ2n) is 5.80. The monoisotopic (exact) mass is 315 g/mol. The molecule has 0 saturated carbocycles. The van der Waals surface area contributed by atoms with E-state index in [1.807, 2.05) is 30.1 Å². The van der Waals surface area contributed by atoms with Gasteiger partial charge in [-0.25, -0.2) is 4.98 Å². The lowest BCUT2D eigenvalue weighted by Gasteiger charge is -2.16. The Balaban J connectivity index is 2.09. The van der Waals surface area contributed by atoms with Crippen molar-refractivity contribution in [1.82, 2.24) is 9.88 Å². The predicted molar refractivity (Wildman–Crippen MR) is 92.5 cm³/mol. The molecule has 2 N–H and O–H groups in total. The Morgan fingerprint density at radius 2 is 2.13 bits per heavy atom. The summed E-state index contributed by atoms with van der Waals surface area (Å²) in [6, 6.07) is 10.3. The van der Waals surface area contributed by atoms with Gasteiger partial charge in [0.15, 0.2) is 0 Å². The number of benzene rings is 1. The van der Waals surface area contributed by atoms with E-state index in [0.717, 1.165) is 35.7 Å². The number of aryl methyl sites for hydroxylation is 1. The molecule has 0 spiro atoms. The highest BCUT2D eigenvalue weighted by Crippen LogP contribution is 2.25. The number of likely N-dealkylation sites (N-methyl/N-ethyl adjacent to an activating group) is 1. The highest BCUT2D eigenvalue weighted by molar-refractivity contribution is 5.87. The molecule has 5 nitrogen and oxygen atoms in total. The summed E-state index contributed by atoms with van der Waals surface area (Å²) in [6.07, 6.45) is 3.22. The number of hydrogen-bond acceptors (Lipinski definition) is 4. The molecule has 124 valence electrons. The first-order valence-electron chi connectivity index (χ1n) is 8.08. The summed E-state index contributed by atoms with van der Waals surface area (Å²) in [5, 5.41) is 2.17. The van der Waals surface area contributed by atoms with E-state index in [4.69, 9.17) is 10.5 Å². The van der Waals surface area contributed by atoms with Gasteiger partial charge in [0, 0.05) is 17.6 Å². The molecule has 2 aromatic rings. The molecule has 1 amide bonds. The number of pyridine rings is 1. The number of nitrogens with zero attached hydrogens (tertiary/aromatic N) is 2. The number of carbonyl (C=O) groups is 1. The number of unbranched alkanes of at least 4 members (excludes halogenated alkanes) is 1. The lowest BCUT2D eigenvalue weighted by molar-refractivity contribution is -0.118. The zero-order valence-electron chi connectivity index (χ0n) is 13.9. The highest BCUT2D eigenvalue weighted by Gasteiger charge is 2.08. The van der Waals surface area contributed by atoms with Gasteiger partial charge >= 0.3 is 0 Å². The smallest absolute Gasteiger partial charge is 0.231 e. The quantitative estimate of drug-likeness (QED) is 0.771. The molecule has 0 aliphatic heterocycles. The Bertz CT molecular complexity index is 658. The van der Waals surface area contributed by atoms with E-state index in [1.54, 1.807) is 0 Å². The molecule has 5 heteroatoms. The van der Waals surface area contributed by atoms with E-state index in [1.165, 1.54) is 0 Å². The third kappa shape index (κ3) is 5.21. The Morgan fingerprint density at radius 3 is 2.87 bits per heavy atom. The van der Waals surface area contributed by atoms with Crippen LogP contribution in [-0.2, 0) is 11.2 Å². The highest BCUT2D eigenvalue weighted by atomic mass is 16.5. The fourth-order valence-electron chi connectivity index (χ4n) is 2.46. The van der Waals surface area contributed by atoms with E-state index < -0.39 is 0 Å². The molecule has 1 aromatic heterocycles. The minimum Gasteiger partial charge on any atom is -0.476 e. The zero-order valence-corrected chi connectivity index (χ0v) is 13.9. The molecule has 1 heterocycles. The molecule has 0 radical (unpaired) electrons.